The van der Waals surface area contributed by atoms with E-state index in [-0.39, 0.29) is 17.8 Å². The summed E-state index contributed by atoms with van der Waals surface area (Å²) in [5.41, 5.74) is 2.74. The number of thiophene rings is 1. The molecule has 26 heavy (non-hydrogen) atoms. The standard InChI is InChI=1S/C21H21FN2OS/c1-14-6-3-4-7-18(14)24-21(25)15(2)23-20(19-8-5-13-26-19)16-9-11-17(22)12-10-16/h3-13,15,20,23H,1-2H3,(H,24,25). The average Bonchev–Trinajstić information content (AvgIpc) is 3.16. The van der Waals surface area contributed by atoms with E-state index >= 15 is 0 Å². The second-order valence-corrected chi connectivity index (χ2v) is 7.17. The normalized spacial score (nSPS) is 13.2. The van der Waals surface area contributed by atoms with Gasteiger partial charge in [0.1, 0.15) is 5.82 Å². The van der Waals surface area contributed by atoms with E-state index in [0.29, 0.717) is 0 Å². The molecular weight excluding hydrogens is 347 g/mol. The van der Waals surface area contributed by atoms with Crippen LogP contribution in [0.2, 0.25) is 0 Å². The van der Waals surface area contributed by atoms with Crippen LogP contribution in [0.15, 0.2) is 66.0 Å². The van der Waals surface area contributed by atoms with Crippen molar-refractivity contribution >= 4 is 22.9 Å². The van der Waals surface area contributed by atoms with E-state index in [2.05, 4.69) is 10.6 Å². The second kappa shape index (κ2) is 8.25. The number of nitrogens with one attached hydrogen (secondary N) is 2. The van der Waals surface area contributed by atoms with Crippen molar-refractivity contribution in [1.29, 1.82) is 0 Å². The number of hydrogen-bond donors (Lipinski definition) is 2. The number of halogens is 1. The Bertz CT molecular complexity index is 862. The van der Waals surface area contributed by atoms with E-state index in [1.54, 1.807) is 23.5 Å². The molecule has 0 fully saturated rings. The van der Waals surface area contributed by atoms with Gasteiger partial charge >= 0.3 is 0 Å². The topological polar surface area (TPSA) is 41.1 Å². The number of rotatable bonds is 6. The molecule has 0 bridgehead atoms. The van der Waals surface area contributed by atoms with E-state index in [1.807, 2.05) is 55.6 Å². The van der Waals surface area contributed by atoms with Gasteiger partial charge in [-0.25, -0.2) is 4.39 Å². The van der Waals surface area contributed by atoms with Crippen LogP contribution in [-0.2, 0) is 4.79 Å². The molecule has 0 aliphatic rings. The Balaban J connectivity index is 1.77. The van der Waals surface area contributed by atoms with E-state index in [1.165, 1.54) is 12.1 Å². The second-order valence-electron chi connectivity index (χ2n) is 6.19. The van der Waals surface area contributed by atoms with Crippen LogP contribution < -0.4 is 10.6 Å². The van der Waals surface area contributed by atoms with E-state index in [4.69, 9.17) is 0 Å². The maximum absolute atomic E-state index is 13.3. The number of aryl methyl sites for hydroxylation is 1. The van der Waals surface area contributed by atoms with Gasteiger partial charge in [0.05, 0.1) is 12.1 Å². The van der Waals surface area contributed by atoms with Gasteiger partial charge in [0.25, 0.3) is 0 Å². The van der Waals surface area contributed by atoms with Crippen molar-refractivity contribution in [3.63, 3.8) is 0 Å². The number of amides is 1. The van der Waals surface area contributed by atoms with E-state index < -0.39 is 6.04 Å². The third kappa shape index (κ3) is 4.36. The first kappa shape index (κ1) is 18.3. The highest BCUT2D eigenvalue weighted by atomic mass is 32.1. The molecule has 2 aromatic carbocycles. The molecule has 3 nitrogen and oxygen atoms in total. The van der Waals surface area contributed by atoms with Gasteiger partial charge in [-0.1, -0.05) is 36.4 Å². The van der Waals surface area contributed by atoms with Gasteiger partial charge in [-0.05, 0) is 54.6 Å². The molecule has 0 aliphatic carbocycles. The molecule has 0 saturated heterocycles. The van der Waals surface area contributed by atoms with Gasteiger partial charge in [-0.2, -0.15) is 0 Å². The molecular formula is C21H21FN2OS. The van der Waals surface area contributed by atoms with Crippen molar-refractivity contribution in [3.05, 3.63) is 87.9 Å². The molecule has 5 heteroatoms. The van der Waals surface area contributed by atoms with Crippen molar-refractivity contribution in [2.45, 2.75) is 25.9 Å². The van der Waals surface area contributed by atoms with Crippen molar-refractivity contribution in [2.24, 2.45) is 0 Å². The predicted molar refractivity (Wildman–Crippen MR) is 105 cm³/mol. The fourth-order valence-electron chi connectivity index (χ4n) is 2.73. The highest BCUT2D eigenvalue weighted by Crippen LogP contribution is 2.27. The number of anilines is 1. The lowest BCUT2D eigenvalue weighted by Crippen LogP contribution is -2.40. The fourth-order valence-corrected chi connectivity index (χ4v) is 3.54. The van der Waals surface area contributed by atoms with Crippen molar-refractivity contribution in [3.8, 4) is 0 Å². The zero-order valence-electron chi connectivity index (χ0n) is 14.7. The van der Waals surface area contributed by atoms with Gasteiger partial charge in [-0.15, -0.1) is 11.3 Å². The number of hydrogen-bond acceptors (Lipinski definition) is 3. The highest BCUT2D eigenvalue weighted by Gasteiger charge is 2.22. The predicted octanol–water partition coefficient (Wildman–Crippen LogP) is 4.90. The van der Waals surface area contributed by atoms with Gasteiger partial charge in [0.2, 0.25) is 5.91 Å². The van der Waals surface area contributed by atoms with Gasteiger partial charge < -0.3 is 5.32 Å². The van der Waals surface area contributed by atoms with Crippen LogP contribution in [0, 0.1) is 12.7 Å². The van der Waals surface area contributed by atoms with Crippen LogP contribution in [0.4, 0.5) is 10.1 Å². The van der Waals surface area contributed by atoms with Crippen LogP contribution >= 0.6 is 11.3 Å². The number of carbonyl (C=O) groups is 1. The third-order valence-electron chi connectivity index (χ3n) is 4.24. The minimum Gasteiger partial charge on any atom is -0.324 e. The van der Waals surface area contributed by atoms with E-state index in [9.17, 15) is 9.18 Å². The smallest absolute Gasteiger partial charge is 0.241 e. The Morgan fingerprint density at radius 3 is 2.42 bits per heavy atom. The summed E-state index contributed by atoms with van der Waals surface area (Å²) >= 11 is 1.60. The van der Waals surface area contributed by atoms with Crippen LogP contribution in [0.25, 0.3) is 0 Å². The number of carbonyl (C=O) groups excluding carboxylic acids is 1. The molecule has 134 valence electrons. The summed E-state index contributed by atoms with van der Waals surface area (Å²) in [6.07, 6.45) is 0. The van der Waals surface area contributed by atoms with Gasteiger partial charge in [0, 0.05) is 10.6 Å². The molecule has 0 saturated carbocycles. The summed E-state index contributed by atoms with van der Waals surface area (Å²) in [4.78, 5) is 13.7. The molecule has 0 aliphatic heterocycles. The molecule has 3 aromatic rings. The minimum absolute atomic E-state index is 0.108. The first-order chi connectivity index (χ1) is 12.5. The van der Waals surface area contributed by atoms with Crippen molar-refractivity contribution in [1.82, 2.24) is 5.32 Å². The lowest BCUT2D eigenvalue weighted by Gasteiger charge is -2.23. The zero-order valence-corrected chi connectivity index (χ0v) is 15.5. The molecule has 1 aromatic heterocycles. The molecule has 2 atom stereocenters. The average molecular weight is 368 g/mol. The molecule has 1 amide bonds. The SMILES string of the molecule is Cc1ccccc1NC(=O)C(C)NC(c1ccc(F)cc1)c1cccs1. The summed E-state index contributed by atoms with van der Waals surface area (Å²) in [7, 11) is 0. The van der Waals surface area contributed by atoms with Crippen LogP contribution in [0.5, 0.6) is 0 Å². The lowest BCUT2D eigenvalue weighted by atomic mass is 10.0. The maximum atomic E-state index is 13.3. The summed E-state index contributed by atoms with van der Waals surface area (Å²) in [6.45, 7) is 3.79. The minimum atomic E-state index is -0.424. The Morgan fingerprint density at radius 2 is 1.77 bits per heavy atom. The molecule has 1 heterocycles. The van der Waals surface area contributed by atoms with Crippen molar-refractivity contribution in [2.75, 3.05) is 5.32 Å². The van der Waals surface area contributed by atoms with Gasteiger partial charge in [-0.3, -0.25) is 10.1 Å². The van der Waals surface area contributed by atoms with E-state index in [0.717, 1.165) is 21.7 Å². The summed E-state index contributed by atoms with van der Waals surface area (Å²) in [6, 6.07) is 17.4. The Labute approximate surface area is 156 Å². The molecule has 2 unspecified atom stereocenters. The highest BCUT2D eigenvalue weighted by molar-refractivity contribution is 7.10. The van der Waals surface area contributed by atoms with Crippen molar-refractivity contribution < 1.29 is 9.18 Å². The summed E-state index contributed by atoms with van der Waals surface area (Å²) < 4.78 is 13.3. The quantitative estimate of drug-likeness (QED) is 0.650. The first-order valence-electron chi connectivity index (χ1n) is 8.46. The Hall–Kier alpha value is -2.50. The van der Waals surface area contributed by atoms with Crippen LogP contribution in [0.3, 0.4) is 0 Å². The van der Waals surface area contributed by atoms with Gasteiger partial charge in [0.15, 0.2) is 0 Å². The lowest BCUT2D eigenvalue weighted by molar-refractivity contribution is -0.117. The Kier molecular flexibility index (Phi) is 5.81. The molecule has 2 N–H and O–H groups in total. The number of benzene rings is 2. The number of para-hydroxylation sites is 1. The van der Waals surface area contributed by atoms with Crippen LogP contribution in [-0.4, -0.2) is 11.9 Å². The Morgan fingerprint density at radius 1 is 1.04 bits per heavy atom. The summed E-state index contributed by atoms with van der Waals surface area (Å²) in [5, 5.41) is 8.33. The first-order valence-corrected chi connectivity index (χ1v) is 9.34. The zero-order chi connectivity index (χ0) is 18.5. The molecule has 0 spiro atoms. The summed E-state index contributed by atoms with van der Waals surface area (Å²) in [5.74, 6) is -0.382. The fraction of sp³-hybridized carbons (Fsp3) is 0.190. The largest absolute Gasteiger partial charge is 0.324 e. The van der Waals surface area contributed by atoms with Crippen LogP contribution in [0.1, 0.15) is 29.0 Å². The third-order valence-corrected chi connectivity index (χ3v) is 5.18. The molecule has 0 radical (unpaired) electrons. The monoisotopic (exact) mass is 368 g/mol. The molecule has 3 rings (SSSR count). The maximum Gasteiger partial charge on any atom is 0.241 e.